The first-order chi connectivity index (χ1) is 9.74. The largest absolute Gasteiger partial charge is 0.311 e. The van der Waals surface area contributed by atoms with Gasteiger partial charge in [-0.1, -0.05) is 25.1 Å². The van der Waals surface area contributed by atoms with E-state index in [0.29, 0.717) is 5.92 Å². The molecule has 106 valence electrons. The molecule has 0 radical (unpaired) electrons. The van der Waals surface area contributed by atoms with Gasteiger partial charge in [0, 0.05) is 6.54 Å². The maximum atomic E-state index is 4.24. The topological polar surface area (TPSA) is 42.7 Å². The van der Waals surface area contributed by atoms with Crippen molar-refractivity contribution in [3.8, 4) is 5.69 Å². The highest BCUT2D eigenvalue weighted by atomic mass is 15.4. The number of aromatic nitrogens is 3. The summed E-state index contributed by atoms with van der Waals surface area (Å²) in [7, 11) is 0. The molecule has 1 aliphatic carbocycles. The van der Waals surface area contributed by atoms with E-state index >= 15 is 0 Å². The standard InChI is InChI=1S/C16H22N4/c1-12(2)9-17-10-16-11-18-19-20(16)15-7-6-13-4-3-5-14(13)8-15/h6-8,11-12,17H,3-5,9-10H2,1-2H3. The molecule has 0 amide bonds. The van der Waals surface area contributed by atoms with Gasteiger partial charge in [0.1, 0.15) is 0 Å². The van der Waals surface area contributed by atoms with Gasteiger partial charge in [-0.25, -0.2) is 4.68 Å². The quantitative estimate of drug-likeness (QED) is 0.907. The number of rotatable bonds is 5. The molecule has 1 aromatic carbocycles. The van der Waals surface area contributed by atoms with Crippen LogP contribution in [-0.2, 0) is 19.4 Å². The lowest BCUT2D eigenvalue weighted by Gasteiger charge is -2.10. The Bertz CT molecular complexity index is 586. The van der Waals surface area contributed by atoms with E-state index in [2.05, 4.69) is 47.7 Å². The van der Waals surface area contributed by atoms with Crippen molar-refractivity contribution in [2.45, 2.75) is 39.7 Å². The first-order valence-corrected chi connectivity index (χ1v) is 7.46. The van der Waals surface area contributed by atoms with Gasteiger partial charge in [-0.2, -0.15) is 0 Å². The normalized spacial score (nSPS) is 13.9. The Hall–Kier alpha value is -1.68. The molecular formula is C16H22N4. The molecule has 1 N–H and O–H groups in total. The van der Waals surface area contributed by atoms with Crippen molar-refractivity contribution in [3.63, 3.8) is 0 Å². The van der Waals surface area contributed by atoms with Crippen LogP contribution in [0, 0.1) is 5.92 Å². The fourth-order valence-electron chi connectivity index (χ4n) is 2.77. The number of hydrogen-bond acceptors (Lipinski definition) is 3. The number of hydrogen-bond donors (Lipinski definition) is 1. The van der Waals surface area contributed by atoms with Crippen molar-refractivity contribution < 1.29 is 0 Å². The fraction of sp³-hybridized carbons (Fsp3) is 0.500. The third-order valence-electron chi connectivity index (χ3n) is 3.81. The first kappa shape index (κ1) is 13.3. The van der Waals surface area contributed by atoms with Crippen molar-refractivity contribution in [3.05, 3.63) is 41.2 Å². The summed E-state index contributed by atoms with van der Waals surface area (Å²) in [5.41, 5.74) is 5.21. The second-order valence-corrected chi connectivity index (χ2v) is 5.97. The lowest BCUT2D eigenvalue weighted by atomic mass is 10.1. The molecule has 1 aliphatic rings. The molecule has 0 atom stereocenters. The van der Waals surface area contributed by atoms with E-state index in [1.807, 2.05) is 10.9 Å². The zero-order valence-electron chi connectivity index (χ0n) is 12.3. The predicted molar refractivity (Wildman–Crippen MR) is 79.9 cm³/mol. The van der Waals surface area contributed by atoms with Crippen LogP contribution in [0.25, 0.3) is 5.69 Å². The van der Waals surface area contributed by atoms with Gasteiger partial charge < -0.3 is 5.32 Å². The Balaban J connectivity index is 1.78. The molecule has 4 heteroatoms. The predicted octanol–water partition coefficient (Wildman–Crippen LogP) is 2.50. The van der Waals surface area contributed by atoms with Gasteiger partial charge in [0.05, 0.1) is 17.6 Å². The molecular weight excluding hydrogens is 248 g/mol. The van der Waals surface area contributed by atoms with E-state index < -0.39 is 0 Å². The zero-order valence-corrected chi connectivity index (χ0v) is 12.3. The summed E-state index contributed by atoms with van der Waals surface area (Å²) in [4.78, 5) is 0. The smallest absolute Gasteiger partial charge is 0.0783 e. The van der Waals surface area contributed by atoms with Gasteiger partial charge in [0.15, 0.2) is 0 Å². The summed E-state index contributed by atoms with van der Waals surface area (Å²) in [6.07, 6.45) is 5.54. The Morgan fingerprint density at radius 2 is 2.10 bits per heavy atom. The van der Waals surface area contributed by atoms with Gasteiger partial charge >= 0.3 is 0 Å². The van der Waals surface area contributed by atoms with Crippen molar-refractivity contribution in [2.75, 3.05) is 6.54 Å². The molecule has 2 aromatic rings. The molecule has 0 aliphatic heterocycles. The van der Waals surface area contributed by atoms with E-state index in [-0.39, 0.29) is 0 Å². The van der Waals surface area contributed by atoms with Gasteiger partial charge in [-0.3, -0.25) is 0 Å². The van der Waals surface area contributed by atoms with Crippen molar-refractivity contribution >= 4 is 0 Å². The van der Waals surface area contributed by atoms with Crippen LogP contribution in [0.4, 0.5) is 0 Å². The number of fused-ring (bicyclic) bond motifs is 1. The number of aryl methyl sites for hydroxylation is 2. The molecule has 0 spiro atoms. The monoisotopic (exact) mass is 270 g/mol. The minimum absolute atomic E-state index is 0.652. The van der Waals surface area contributed by atoms with E-state index in [1.54, 1.807) is 0 Å². The maximum absolute atomic E-state index is 4.24. The average Bonchev–Trinajstić information content (AvgIpc) is 3.05. The molecule has 4 nitrogen and oxygen atoms in total. The van der Waals surface area contributed by atoms with Crippen LogP contribution in [0.1, 0.15) is 37.1 Å². The van der Waals surface area contributed by atoms with E-state index in [0.717, 1.165) is 24.5 Å². The Labute approximate surface area is 120 Å². The van der Waals surface area contributed by atoms with Gasteiger partial charge in [0.2, 0.25) is 0 Å². The van der Waals surface area contributed by atoms with Crippen LogP contribution in [0.2, 0.25) is 0 Å². The summed E-state index contributed by atoms with van der Waals surface area (Å²) in [6, 6.07) is 6.67. The summed E-state index contributed by atoms with van der Waals surface area (Å²) in [6.45, 7) is 6.24. The first-order valence-electron chi connectivity index (χ1n) is 7.46. The molecule has 0 saturated heterocycles. The molecule has 20 heavy (non-hydrogen) atoms. The zero-order chi connectivity index (χ0) is 13.9. The van der Waals surface area contributed by atoms with Crippen molar-refractivity contribution in [1.82, 2.24) is 20.3 Å². The molecule has 0 saturated carbocycles. The number of nitrogens with one attached hydrogen (secondary N) is 1. The molecule has 3 rings (SSSR count). The minimum atomic E-state index is 0.652. The van der Waals surface area contributed by atoms with Crippen molar-refractivity contribution in [1.29, 1.82) is 0 Å². The second kappa shape index (κ2) is 5.75. The fourth-order valence-corrected chi connectivity index (χ4v) is 2.77. The van der Waals surface area contributed by atoms with E-state index in [4.69, 9.17) is 0 Å². The van der Waals surface area contributed by atoms with Crippen LogP contribution >= 0.6 is 0 Å². The molecule has 0 unspecified atom stereocenters. The molecule has 1 aromatic heterocycles. The van der Waals surface area contributed by atoms with Gasteiger partial charge in [-0.15, -0.1) is 5.10 Å². The third-order valence-corrected chi connectivity index (χ3v) is 3.81. The van der Waals surface area contributed by atoms with Crippen LogP contribution in [0.15, 0.2) is 24.4 Å². The summed E-state index contributed by atoms with van der Waals surface area (Å²) < 4.78 is 1.95. The summed E-state index contributed by atoms with van der Waals surface area (Å²) in [5, 5.41) is 11.7. The van der Waals surface area contributed by atoms with Gasteiger partial charge in [0.25, 0.3) is 0 Å². The summed E-state index contributed by atoms with van der Waals surface area (Å²) in [5.74, 6) is 0.652. The van der Waals surface area contributed by atoms with E-state index in [1.165, 1.54) is 30.4 Å². The third kappa shape index (κ3) is 2.75. The summed E-state index contributed by atoms with van der Waals surface area (Å²) >= 11 is 0. The number of nitrogens with zero attached hydrogens (tertiary/aromatic N) is 3. The Morgan fingerprint density at radius 1 is 1.25 bits per heavy atom. The molecule has 0 bridgehead atoms. The highest BCUT2D eigenvalue weighted by molar-refractivity contribution is 5.42. The molecule has 0 fully saturated rings. The second-order valence-electron chi connectivity index (χ2n) is 5.97. The molecule has 1 heterocycles. The maximum Gasteiger partial charge on any atom is 0.0783 e. The lowest BCUT2D eigenvalue weighted by Crippen LogP contribution is -2.20. The van der Waals surface area contributed by atoms with Crippen LogP contribution in [0.3, 0.4) is 0 Å². The Kier molecular flexibility index (Phi) is 3.83. The highest BCUT2D eigenvalue weighted by Gasteiger charge is 2.13. The number of benzene rings is 1. The lowest BCUT2D eigenvalue weighted by molar-refractivity contribution is 0.542. The SMILES string of the molecule is CC(C)CNCc1cnnn1-c1ccc2c(c1)CCC2. The minimum Gasteiger partial charge on any atom is -0.311 e. The Morgan fingerprint density at radius 3 is 2.95 bits per heavy atom. The average molecular weight is 270 g/mol. The van der Waals surface area contributed by atoms with Crippen molar-refractivity contribution in [2.24, 2.45) is 5.92 Å². The van der Waals surface area contributed by atoms with Crippen LogP contribution < -0.4 is 5.32 Å². The van der Waals surface area contributed by atoms with Crippen LogP contribution in [0.5, 0.6) is 0 Å². The highest BCUT2D eigenvalue weighted by Crippen LogP contribution is 2.24. The van der Waals surface area contributed by atoms with Crippen LogP contribution in [-0.4, -0.2) is 21.5 Å². The van der Waals surface area contributed by atoms with E-state index in [9.17, 15) is 0 Å². The van der Waals surface area contributed by atoms with Gasteiger partial charge in [-0.05, 0) is 55.0 Å².